The van der Waals surface area contributed by atoms with Crippen molar-refractivity contribution < 1.29 is 9.59 Å². The number of likely N-dealkylation sites (tertiary alicyclic amines) is 2. The van der Waals surface area contributed by atoms with Crippen LogP contribution in [0.2, 0.25) is 0 Å². The van der Waals surface area contributed by atoms with E-state index >= 15 is 0 Å². The number of fused-ring (bicyclic) bond motifs is 1. The number of aromatic nitrogens is 1. The van der Waals surface area contributed by atoms with E-state index in [0.29, 0.717) is 12.1 Å². The Labute approximate surface area is 99.4 Å². The molecule has 3 rings (SSSR count). The van der Waals surface area contributed by atoms with Gasteiger partial charge in [-0.1, -0.05) is 0 Å². The van der Waals surface area contributed by atoms with Crippen molar-refractivity contribution in [1.29, 1.82) is 0 Å². The van der Waals surface area contributed by atoms with Crippen LogP contribution in [0.3, 0.4) is 0 Å². The van der Waals surface area contributed by atoms with Crippen LogP contribution in [0.5, 0.6) is 0 Å². The quantitative estimate of drug-likeness (QED) is 0.766. The summed E-state index contributed by atoms with van der Waals surface area (Å²) in [6.07, 6.45) is 3.10. The number of aromatic amines is 1. The second kappa shape index (κ2) is 3.61. The molecule has 2 atom stereocenters. The Hall–Kier alpha value is -1.78. The number of rotatable bonds is 1. The monoisotopic (exact) mass is 233 g/mol. The number of hydrogen-bond acceptors (Lipinski definition) is 2. The van der Waals surface area contributed by atoms with Crippen molar-refractivity contribution in [2.45, 2.75) is 24.9 Å². The molecular weight excluding hydrogens is 218 g/mol. The third kappa shape index (κ3) is 1.45. The molecule has 1 aromatic rings. The topological polar surface area (TPSA) is 56.4 Å². The predicted octanol–water partition coefficient (Wildman–Crippen LogP) is 0.460. The molecule has 2 aliphatic rings. The maximum absolute atomic E-state index is 12.2. The molecule has 90 valence electrons. The minimum absolute atomic E-state index is 0.00519. The van der Waals surface area contributed by atoms with Crippen LogP contribution < -0.4 is 0 Å². The molecule has 0 bridgehead atoms. The lowest BCUT2D eigenvalue weighted by Gasteiger charge is -2.23. The Morgan fingerprint density at radius 1 is 1.47 bits per heavy atom. The Bertz CT molecular complexity index is 454. The van der Waals surface area contributed by atoms with Crippen LogP contribution in [0.1, 0.15) is 23.3 Å². The van der Waals surface area contributed by atoms with E-state index in [9.17, 15) is 9.59 Å². The smallest absolute Gasteiger partial charge is 0.270 e. The van der Waals surface area contributed by atoms with Crippen LogP contribution in [0.25, 0.3) is 0 Å². The molecule has 2 aliphatic heterocycles. The molecule has 0 saturated carbocycles. The lowest BCUT2D eigenvalue weighted by atomic mass is 10.1. The number of nitrogens with zero attached hydrogens (tertiary/aromatic N) is 2. The summed E-state index contributed by atoms with van der Waals surface area (Å²) >= 11 is 0. The van der Waals surface area contributed by atoms with Gasteiger partial charge in [0.25, 0.3) is 5.91 Å². The van der Waals surface area contributed by atoms with Crippen molar-refractivity contribution in [3.05, 3.63) is 24.0 Å². The summed E-state index contributed by atoms with van der Waals surface area (Å²) in [5.74, 6) is 0.148. The van der Waals surface area contributed by atoms with Crippen molar-refractivity contribution in [1.82, 2.24) is 14.8 Å². The van der Waals surface area contributed by atoms with E-state index in [4.69, 9.17) is 0 Å². The van der Waals surface area contributed by atoms with Crippen LogP contribution in [0.15, 0.2) is 18.3 Å². The van der Waals surface area contributed by atoms with Gasteiger partial charge in [-0.3, -0.25) is 9.59 Å². The standard InChI is InChI=1S/C12H15N3O2/c1-14-9-4-6-15(10(9)7-11(14)16)12(17)8-3-2-5-13-8/h2-3,5,9-10,13H,4,6-7H2,1H3/t9-,10+/m0/s1. The highest BCUT2D eigenvalue weighted by Gasteiger charge is 2.46. The molecule has 2 fully saturated rings. The van der Waals surface area contributed by atoms with Crippen LogP contribution in [-0.4, -0.2) is 52.3 Å². The Morgan fingerprint density at radius 2 is 2.29 bits per heavy atom. The molecule has 17 heavy (non-hydrogen) atoms. The second-order valence-corrected chi connectivity index (χ2v) is 4.71. The molecule has 3 heterocycles. The highest BCUT2D eigenvalue weighted by atomic mass is 16.2. The molecule has 5 heteroatoms. The lowest BCUT2D eigenvalue weighted by Crippen LogP contribution is -2.39. The summed E-state index contributed by atoms with van der Waals surface area (Å²) in [6.45, 7) is 0.741. The van der Waals surface area contributed by atoms with Gasteiger partial charge >= 0.3 is 0 Å². The highest BCUT2D eigenvalue weighted by Crippen LogP contribution is 2.31. The van der Waals surface area contributed by atoms with Crippen molar-refractivity contribution >= 4 is 11.8 Å². The van der Waals surface area contributed by atoms with E-state index in [2.05, 4.69) is 4.98 Å². The first-order chi connectivity index (χ1) is 8.18. The van der Waals surface area contributed by atoms with Crippen LogP contribution in [0, 0.1) is 0 Å². The zero-order chi connectivity index (χ0) is 12.0. The predicted molar refractivity (Wildman–Crippen MR) is 61.4 cm³/mol. The third-order valence-electron chi connectivity index (χ3n) is 3.87. The number of carbonyl (C=O) groups is 2. The van der Waals surface area contributed by atoms with E-state index in [1.54, 1.807) is 17.2 Å². The molecular formula is C12H15N3O2. The first-order valence-corrected chi connectivity index (χ1v) is 5.88. The zero-order valence-electron chi connectivity index (χ0n) is 9.72. The molecule has 0 spiro atoms. The first kappa shape index (κ1) is 10.4. The summed E-state index contributed by atoms with van der Waals surface area (Å²) in [5, 5.41) is 0. The molecule has 1 aromatic heterocycles. The largest absolute Gasteiger partial charge is 0.357 e. The van der Waals surface area contributed by atoms with Gasteiger partial charge in [0.2, 0.25) is 5.91 Å². The van der Waals surface area contributed by atoms with E-state index in [-0.39, 0.29) is 23.9 Å². The van der Waals surface area contributed by atoms with Crippen LogP contribution in [0.4, 0.5) is 0 Å². The number of carbonyl (C=O) groups excluding carboxylic acids is 2. The van der Waals surface area contributed by atoms with E-state index in [1.807, 2.05) is 18.0 Å². The molecule has 1 N–H and O–H groups in total. The van der Waals surface area contributed by atoms with Crippen LogP contribution in [-0.2, 0) is 4.79 Å². The van der Waals surface area contributed by atoms with Crippen molar-refractivity contribution in [3.8, 4) is 0 Å². The van der Waals surface area contributed by atoms with Gasteiger partial charge in [0.1, 0.15) is 5.69 Å². The number of hydrogen-bond donors (Lipinski definition) is 1. The fourth-order valence-corrected chi connectivity index (χ4v) is 2.91. The van der Waals surface area contributed by atoms with Gasteiger partial charge in [-0.05, 0) is 18.6 Å². The maximum Gasteiger partial charge on any atom is 0.270 e. The summed E-state index contributed by atoms with van der Waals surface area (Å²) in [7, 11) is 1.83. The Balaban J connectivity index is 1.83. The third-order valence-corrected chi connectivity index (χ3v) is 3.87. The number of nitrogens with one attached hydrogen (secondary N) is 1. The number of likely N-dealkylation sites (N-methyl/N-ethyl adjacent to an activating group) is 1. The van der Waals surface area contributed by atoms with Gasteiger partial charge in [-0.25, -0.2) is 0 Å². The average molecular weight is 233 g/mol. The van der Waals surface area contributed by atoms with Crippen molar-refractivity contribution in [3.63, 3.8) is 0 Å². The molecule has 0 unspecified atom stereocenters. The van der Waals surface area contributed by atoms with Crippen LogP contribution >= 0.6 is 0 Å². The van der Waals surface area contributed by atoms with Gasteiger partial charge < -0.3 is 14.8 Å². The van der Waals surface area contributed by atoms with E-state index in [0.717, 1.165) is 13.0 Å². The van der Waals surface area contributed by atoms with Crippen molar-refractivity contribution in [2.75, 3.05) is 13.6 Å². The Kier molecular flexibility index (Phi) is 2.21. The summed E-state index contributed by atoms with van der Waals surface area (Å²) in [6, 6.07) is 3.85. The SMILES string of the molecule is CN1C(=O)C[C@@H]2[C@@H]1CCN2C(=O)c1ccc[nH]1. The molecule has 2 saturated heterocycles. The average Bonchev–Trinajstić information content (AvgIpc) is 2.99. The highest BCUT2D eigenvalue weighted by molar-refractivity contribution is 5.94. The summed E-state index contributed by atoms with van der Waals surface area (Å²) < 4.78 is 0. The summed E-state index contributed by atoms with van der Waals surface area (Å²) in [4.78, 5) is 30.4. The van der Waals surface area contributed by atoms with Gasteiger partial charge in [-0.15, -0.1) is 0 Å². The van der Waals surface area contributed by atoms with Gasteiger partial charge in [-0.2, -0.15) is 0 Å². The van der Waals surface area contributed by atoms with Crippen molar-refractivity contribution in [2.24, 2.45) is 0 Å². The molecule has 5 nitrogen and oxygen atoms in total. The van der Waals surface area contributed by atoms with Gasteiger partial charge in [0.15, 0.2) is 0 Å². The normalized spacial score (nSPS) is 27.7. The second-order valence-electron chi connectivity index (χ2n) is 4.71. The fraction of sp³-hybridized carbons (Fsp3) is 0.500. The lowest BCUT2D eigenvalue weighted by molar-refractivity contribution is -0.127. The number of amides is 2. The molecule has 0 radical (unpaired) electrons. The van der Waals surface area contributed by atoms with E-state index in [1.165, 1.54) is 0 Å². The minimum atomic E-state index is 0.00519. The minimum Gasteiger partial charge on any atom is -0.357 e. The van der Waals surface area contributed by atoms with Gasteiger partial charge in [0, 0.05) is 26.2 Å². The van der Waals surface area contributed by atoms with Gasteiger partial charge in [0.05, 0.1) is 12.1 Å². The summed E-state index contributed by atoms with van der Waals surface area (Å²) in [5.41, 5.74) is 0.604. The number of H-pyrrole nitrogens is 1. The molecule has 2 amide bonds. The maximum atomic E-state index is 12.2. The fourth-order valence-electron chi connectivity index (χ4n) is 2.91. The Morgan fingerprint density at radius 3 is 3.00 bits per heavy atom. The first-order valence-electron chi connectivity index (χ1n) is 5.88. The molecule has 0 aromatic carbocycles. The zero-order valence-corrected chi connectivity index (χ0v) is 9.72. The van der Waals surface area contributed by atoms with E-state index < -0.39 is 0 Å². The molecule has 0 aliphatic carbocycles.